The Balaban J connectivity index is 0. The van der Waals surface area contributed by atoms with Crippen molar-refractivity contribution in [2.75, 3.05) is 0 Å². The molecule has 0 aliphatic heterocycles. The van der Waals surface area contributed by atoms with E-state index < -0.39 is 7.81 Å². The van der Waals surface area contributed by atoms with Gasteiger partial charge in [-0.15, -0.1) is 0 Å². The second-order valence-electron chi connectivity index (χ2n) is 0.958. The van der Waals surface area contributed by atoms with Gasteiger partial charge in [0.1, 0.15) is 0 Å². The Morgan fingerprint density at radius 1 is 0.714 bits per heavy atom. The summed E-state index contributed by atoms with van der Waals surface area (Å²) in [4.78, 5) is 0. The van der Waals surface area contributed by atoms with Crippen molar-refractivity contribution < 1.29 is 26.6 Å². The summed E-state index contributed by atoms with van der Waals surface area (Å²) in [5.41, 5.74) is 0. The van der Waals surface area contributed by atoms with Gasteiger partial charge in [-0.3, -0.25) is 0 Å². The Hall–Kier alpha value is 0.01000. The molecule has 0 unspecified atom stereocenters. The van der Waals surface area contributed by atoms with Crippen LogP contribution in [0, 0.1) is 0 Å². The van der Waals surface area contributed by atoms with Crippen LogP contribution in [0.3, 0.4) is 0 Å². The Labute approximate surface area is 35.8 Å². The first kappa shape index (κ1) is 7.01. The van der Waals surface area contributed by atoms with Crippen LogP contribution in [0.4, 0.5) is 25.2 Å². The second kappa shape index (κ2) is 0.670. The zero-order valence-corrected chi connectivity index (χ0v) is 3.61. The second-order valence-corrected chi connectivity index (χ2v) is 2.87. The third-order valence-electron chi connectivity index (χ3n) is 0. The molecule has 0 N–H and O–H groups in total. The molecule has 0 aliphatic rings. The van der Waals surface area contributed by atoms with E-state index in [1.54, 1.807) is 0 Å². The predicted octanol–water partition coefficient (Wildman–Crippen LogP) is 3.49. The summed E-state index contributed by atoms with van der Waals surface area (Å²) >= 11 is 0. The third kappa shape index (κ3) is 966000. The summed E-state index contributed by atoms with van der Waals surface area (Å²) in [7, 11) is -10.7. The van der Waals surface area contributed by atoms with Crippen molar-refractivity contribution in [3.05, 3.63) is 0 Å². The van der Waals surface area contributed by atoms with Crippen LogP contribution in [0.15, 0.2) is 0 Å². The van der Waals surface area contributed by atoms with Gasteiger partial charge in [0, 0.05) is 0 Å². The number of halogens is 6. The predicted molar refractivity (Wildman–Crippen MR) is 14.7 cm³/mol. The Morgan fingerprint density at radius 2 is 0.714 bits per heavy atom. The fraction of sp³-hybridized carbons (Fsp3) is 0. The van der Waals surface area contributed by atoms with Gasteiger partial charge in [0.05, 0.1) is 0 Å². The standard InChI is InChI=1S/F6P/c1-7(2,3,4,5)6/q-1/p+1. The quantitative estimate of drug-likeness (QED) is 0.362. The average Bonchev–Trinajstić information content (AvgIpc) is 0.592. The van der Waals surface area contributed by atoms with Crippen LogP contribution in [0.1, 0.15) is 1.43 Å². The van der Waals surface area contributed by atoms with Gasteiger partial charge in [0.2, 0.25) is 0 Å². The maximum Gasteiger partial charge on any atom is 1.00 e. The molecule has 0 rings (SSSR count). The van der Waals surface area contributed by atoms with Crippen molar-refractivity contribution in [2.24, 2.45) is 0 Å². The molecule has 0 aromatic carbocycles. The normalized spacial score (nSPS) is 23.1. The smallest absolute Gasteiger partial charge is 1.00 e. The van der Waals surface area contributed by atoms with E-state index in [4.69, 9.17) is 0 Å². The van der Waals surface area contributed by atoms with Crippen LogP contribution in [0.5, 0.6) is 0 Å². The van der Waals surface area contributed by atoms with Gasteiger partial charge in [-0.1, -0.05) is 0 Å². The maximum atomic E-state index is 9.87. The first-order valence-electron chi connectivity index (χ1n) is 1.01. The van der Waals surface area contributed by atoms with Crippen LogP contribution in [-0.4, -0.2) is 0 Å². The monoisotopic (exact) mass is 146 g/mol. The van der Waals surface area contributed by atoms with Crippen LogP contribution in [0.2, 0.25) is 0 Å². The van der Waals surface area contributed by atoms with Crippen molar-refractivity contribution in [3.8, 4) is 0 Å². The molecule has 0 saturated carbocycles. The van der Waals surface area contributed by atoms with E-state index in [1.807, 2.05) is 0 Å². The van der Waals surface area contributed by atoms with E-state index >= 15 is 0 Å². The molecule has 0 aromatic rings. The number of hydrogen-bond acceptors (Lipinski definition) is 0. The van der Waals surface area contributed by atoms with Gasteiger partial charge >= 0.3 is 34.4 Å². The minimum atomic E-state index is -10.7. The van der Waals surface area contributed by atoms with Crippen molar-refractivity contribution in [1.29, 1.82) is 0 Å². The third-order valence-corrected chi connectivity index (χ3v) is 0. The zero-order chi connectivity index (χ0) is 6.41. The largest absolute Gasteiger partial charge is 1.00 e. The first-order chi connectivity index (χ1) is 2.45. The fourth-order valence-corrected chi connectivity index (χ4v) is 0. The van der Waals surface area contributed by atoms with Crippen molar-refractivity contribution in [1.82, 2.24) is 0 Å². The Morgan fingerprint density at radius 3 is 0.714 bits per heavy atom. The summed E-state index contributed by atoms with van der Waals surface area (Å²) in [5, 5.41) is 0. The summed E-state index contributed by atoms with van der Waals surface area (Å²) in [6.07, 6.45) is 0. The summed E-state index contributed by atoms with van der Waals surface area (Å²) in [6.45, 7) is 0. The zero-order valence-electron chi connectivity index (χ0n) is 3.72. The maximum absolute atomic E-state index is 10.7. The molecule has 0 bridgehead atoms. The Kier molecular flexibility index (Phi) is 0.671. The average molecular weight is 146 g/mol. The molecule has 0 atom stereocenters. The molecule has 0 aromatic heterocycles. The van der Waals surface area contributed by atoms with Gasteiger partial charge in [-0.2, -0.15) is 0 Å². The molecular formula is HF6P. The molecule has 0 fully saturated rings. The topological polar surface area (TPSA) is 0 Å². The van der Waals surface area contributed by atoms with E-state index in [2.05, 4.69) is 0 Å². The Bertz CT molecular complexity index is 67.1. The van der Waals surface area contributed by atoms with E-state index in [1.165, 1.54) is 0 Å². The molecule has 0 nitrogen and oxygen atoms in total. The minimum Gasteiger partial charge on any atom is 1.00 e. The van der Waals surface area contributed by atoms with E-state index in [0.717, 1.165) is 0 Å². The first-order valence-corrected chi connectivity index (χ1v) is 3.04. The molecule has 0 aliphatic carbocycles. The summed E-state index contributed by atoms with van der Waals surface area (Å²) in [6, 6.07) is 0. The fourth-order valence-electron chi connectivity index (χ4n) is 0. The van der Waals surface area contributed by atoms with Crippen molar-refractivity contribution >= 4 is 7.81 Å². The van der Waals surface area contributed by atoms with Gasteiger partial charge in [0.15, 0.2) is 0 Å². The van der Waals surface area contributed by atoms with E-state index in [0.29, 0.717) is 0 Å². The van der Waals surface area contributed by atoms with Gasteiger partial charge in [-0.05, 0) is 0 Å². The minimum absolute atomic E-state index is 0. The van der Waals surface area contributed by atoms with Crippen LogP contribution >= 0.6 is 7.81 Å². The number of rotatable bonds is 0. The molecule has 0 amide bonds. The van der Waals surface area contributed by atoms with Gasteiger partial charge in [0.25, 0.3) is 0 Å². The molecule has 0 spiro atoms. The summed E-state index contributed by atoms with van der Waals surface area (Å²) < 4.78 is 59.2. The van der Waals surface area contributed by atoms with E-state index in [9.17, 15) is 25.2 Å². The molecule has 0 saturated heterocycles. The van der Waals surface area contributed by atoms with E-state index in [-0.39, 0.29) is 1.43 Å². The number of hydrogen-bond donors (Lipinski definition) is 0. The summed E-state index contributed by atoms with van der Waals surface area (Å²) in [5.74, 6) is 0. The molecule has 48 valence electrons. The van der Waals surface area contributed by atoms with Crippen molar-refractivity contribution in [3.63, 3.8) is 0 Å². The molecule has 0 radical (unpaired) electrons. The van der Waals surface area contributed by atoms with Crippen molar-refractivity contribution in [2.45, 2.75) is 0 Å². The molecule has 7 heavy (non-hydrogen) atoms. The SMILES string of the molecule is F[P-](F)(F)(F)(F)F.[H+]. The van der Waals surface area contributed by atoms with Gasteiger partial charge in [-0.25, -0.2) is 0 Å². The molecule has 7 heteroatoms. The molecule has 0 heterocycles. The molecular weight excluding hydrogens is 145 g/mol. The van der Waals surface area contributed by atoms with Crippen LogP contribution in [-0.2, 0) is 0 Å². The van der Waals surface area contributed by atoms with Gasteiger partial charge < -0.3 is 0 Å². The van der Waals surface area contributed by atoms with Crippen LogP contribution in [0.25, 0.3) is 0 Å². The van der Waals surface area contributed by atoms with Crippen LogP contribution < -0.4 is 0 Å².